The molecule has 1 aromatic heterocycles. The van der Waals surface area contributed by atoms with Crippen molar-refractivity contribution in [3.8, 4) is 0 Å². The minimum atomic E-state index is 0.452. The van der Waals surface area contributed by atoms with Crippen LogP contribution < -0.4 is 15.5 Å². The van der Waals surface area contributed by atoms with E-state index in [-0.39, 0.29) is 0 Å². The maximum Gasteiger partial charge on any atom is 0.233 e. The normalized spacial score (nSPS) is 12.9. The molecule has 2 heterocycles. The number of nitrogens with zero attached hydrogens (tertiary/aromatic N) is 4. The summed E-state index contributed by atoms with van der Waals surface area (Å²) in [5.41, 5.74) is 4.34. The number of anilines is 5. The molecule has 5 rings (SSSR count). The van der Waals surface area contributed by atoms with Crippen LogP contribution >= 0.6 is 23.2 Å². The summed E-state index contributed by atoms with van der Waals surface area (Å²) >= 11 is 12.0. The molecule has 32 heavy (non-hydrogen) atoms. The first-order chi connectivity index (χ1) is 15.6. The standard InChI is InChI=1S/C24H20Cl2N6/c25-18-5-9-20(10-6-18)27-22-29-23(28-21-11-7-19(26)8-12-21)31-24(30-22)32-14-13-16-3-1-2-4-17(16)15-32/h1-12H,13-15H2,(H2,27,28,29,30,31). The number of hydrogen-bond acceptors (Lipinski definition) is 6. The summed E-state index contributed by atoms with van der Waals surface area (Å²) in [6, 6.07) is 23.3. The van der Waals surface area contributed by atoms with E-state index in [9.17, 15) is 0 Å². The van der Waals surface area contributed by atoms with Crippen LogP contribution in [0.25, 0.3) is 0 Å². The molecular weight excluding hydrogens is 443 g/mol. The highest BCUT2D eigenvalue weighted by atomic mass is 35.5. The Morgan fingerprint density at radius 2 is 1.19 bits per heavy atom. The maximum atomic E-state index is 6.01. The van der Waals surface area contributed by atoms with Crippen molar-refractivity contribution in [1.29, 1.82) is 0 Å². The lowest BCUT2D eigenvalue weighted by molar-refractivity contribution is 0.706. The van der Waals surface area contributed by atoms with Crippen molar-refractivity contribution >= 4 is 52.4 Å². The number of benzene rings is 3. The molecule has 0 fully saturated rings. The molecule has 1 aliphatic heterocycles. The molecule has 0 saturated carbocycles. The topological polar surface area (TPSA) is 66.0 Å². The van der Waals surface area contributed by atoms with E-state index in [1.165, 1.54) is 11.1 Å². The predicted molar refractivity (Wildman–Crippen MR) is 130 cm³/mol. The number of hydrogen-bond donors (Lipinski definition) is 2. The van der Waals surface area contributed by atoms with Crippen LogP contribution in [-0.4, -0.2) is 21.5 Å². The minimum absolute atomic E-state index is 0.452. The van der Waals surface area contributed by atoms with Gasteiger partial charge in [-0.3, -0.25) is 0 Å². The summed E-state index contributed by atoms with van der Waals surface area (Å²) in [7, 11) is 0. The molecule has 1 aliphatic rings. The average Bonchev–Trinajstić information content (AvgIpc) is 2.82. The van der Waals surface area contributed by atoms with Gasteiger partial charge in [0.2, 0.25) is 17.8 Å². The summed E-state index contributed by atoms with van der Waals surface area (Å²) < 4.78 is 0. The largest absolute Gasteiger partial charge is 0.336 e. The zero-order valence-corrected chi connectivity index (χ0v) is 18.6. The Morgan fingerprint density at radius 3 is 1.75 bits per heavy atom. The van der Waals surface area contributed by atoms with Gasteiger partial charge in [0.25, 0.3) is 0 Å². The van der Waals surface area contributed by atoms with Crippen LogP contribution in [0.3, 0.4) is 0 Å². The van der Waals surface area contributed by atoms with Gasteiger partial charge < -0.3 is 15.5 Å². The van der Waals surface area contributed by atoms with Crippen LogP contribution in [0, 0.1) is 0 Å². The first-order valence-corrected chi connectivity index (χ1v) is 11.0. The second-order valence-electron chi connectivity index (χ2n) is 7.49. The third-order valence-corrected chi connectivity index (χ3v) is 5.74. The van der Waals surface area contributed by atoms with Crippen LogP contribution in [0.5, 0.6) is 0 Å². The van der Waals surface area contributed by atoms with E-state index < -0.39 is 0 Å². The van der Waals surface area contributed by atoms with Crippen molar-refractivity contribution in [1.82, 2.24) is 15.0 Å². The number of nitrogens with one attached hydrogen (secondary N) is 2. The van der Waals surface area contributed by atoms with E-state index in [1.807, 2.05) is 48.5 Å². The van der Waals surface area contributed by atoms with Gasteiger partial charge in [0.05, 0.1) is 0 Å². The van der Waals surface area contributed by atoms with E-state index in [0.29, 0.717) is 27.9 Å². The minimum Gasteiger partial charge on any atom is -0.336 e. The molecule has 6 nitrogen and oxygen atoms in total. The van der Waals surface area contributed by atoms with Gasteiger partial charge >= 0.3 is 0 Å². The Balaban J connectivity index is 1.47. The third kappa shape index (κ3) is 4.77. The summed E-state index contributed by atoms with van der Waals surface area (Å²) in [4.78, 5) is 16.1. The summed E-state index contributed by atoms with van der Waals surface area (Å²) in [6.07, 6.45) is 0.946. The van der Waals surface area contributed by atoms with E-state index in [4.69, 9.17) is 33.2 Å². The van der Waals surface area contributed by atoms with Gasteiger partial charge in [-0.1, -0.05) is 47.5 Å². The van der Waals surface area contributed by atoms with Gasteiger partial charge in [0.15, 0.2) is 0 Å². The molecule has 0 unspecified atom stereocenters. The highest BCUT2D eigenvalue weighted by Crippen LogP contribution is 2.26. The number of fused-ring (bicyclic) bond motifs is 1. The SMILES string of the molecule is Clc1ccc(Nc2nc(Nc3ccc(Cl)cc3)nc(N3CCc4ccccc4C3)n2)cc1. The quantitative estimate of drug-likeness (QED) is 0.366. The van der Waals surface area contributed by atoms with Crippen molar-refractivity contribution in [2.45, 2.75) is 13.0 Å². The molecule has 160 valence electrons. The molecule has 0 atom stereocenters. The molecule has 3 aromatic carbocycles. The maximum absolute atomic E-state index is 6.01. The third-order valence-electron chi connectivity index (χ3n) is 5.24. The molecule has 0 radical (unpaired) electrons. The van der Waals surface area contributed by atoms with Crippen LogP contribution in [0.15, 0.2) is 72.8 Å². The Labute approximate surface area is 196 Å². The summed E-state index contributed by atoms with van der Waals surface area (Å²) in [5.74, 6) is 1.52. The molecule has 8 heteroatoms. The molecule has 2 N–H and O–H groups in total. The van der Waals surface area contributed by atoms with Gasteiger partial charge in [-0.25, -0.2) is 0 Å². The highest BCUT2D eigenvalue weighted by Gasteiger charge is 2.20. The Hall–Kier alpha value is -3.35. The average molecular weight is 463 g/mol. The van der Waals surface area contributed by atoms with Crippen molar-refractivity contribution in [3.63, 3.8) is 0 Å². The molecule has 0 bridgehead atoms. The fraction of sp³-hybridized carbons (Fsp3) is 0.125. The molecule has 4 aromatic rings. The fourth-order valence-electron chi connectivity index (χ4n) is 3.61. The summed E-state index contributed by atoms with van der Waals surface area (Å²) in [6.45, 7) is 1.59. The van der Waals surface area contributed by atoms with Crippen LogP contribution in [0.1, 0.15) is 11.1 Å². The Kier molecular flexibility index (Phi) is 5.79. The molecule has 0 saturated heterocycles. The van der Waals surface area contributed by atoms with Crippen molar-refractivity contribution < 1.29 is 0 Å². The zero-order valence-electron chi connectivity index (χ0n) is 17.1. The fourth-order valence-corrected chi connectivity index (χ4v) is 3.86. The highest BCUT2D eigenvalue weighted by molar-refractivity contribution is 6.30. The van der Waals surface area contributed by atoms with Crippen molar-refractivity contribution in [2.75, 3.05) is 22.1 Å². The number of rotatable bonds is 5. The van der Waals surface area contributed by atoms with Crippen LogP contribution in [-0.2, 0) is 13.0 Å². The lowest BCUT2D eigenvalue weighted by atomic mass is 10.0. The van der Waals surface area contributed by atoms with E-state index in [2.05, 4.69) is 44.8 Å². The van der Waals surface area contributed by atoms with Gasteiger partial charge in [-0.2, -0.15) is 15.0 Å². The lowest BCUT2D eigenvalue weighted by Crippen LogP contribution is -2.32. The smallest absolute Gasteiger partial charge is 0.233 e. The number of aromatic nitrogens is 3. The Morgan fingerprint density at radius 1 is 0.656 bits per heavy atom. The second kappa shape index (κ2) is 9.02. The van der Waals surface area contributed by atoms with Gasteiger partial charge in [-0.15, -0.1) is 0 Å². The number of halogens is 2. The monoisotopic (exact) mass is 462 g/mol. The molecule has 0 spiro atoms. The van der Waals surface area contributed by atoms with Gasteiger partial charge in [-0.05, 0) is 66.1 Å². The lowest BCUT2D eigenvalue weighted by Gasteiger charge is -2.29. The van der Waals surface area contributed by atoms with Crippen LogP contribution in [0.2, 0.25) is 10.0 Å². The van der Waals surface area contributed by atoms with E-state index >= 15 is 0 Å². The predicted octanol–water partition coefficient (Wildman–Crippen LogP) is 6.23. The van der Waals surface area contributed by atoms with E-state index in [1.54, 1.807) is 0 Å². The van der Waals surface area contributed by atoms with Crippen LogP contribution in [0.4, 0.5) is 29.2 Å². The van der Waals surface area contributed by atoms with Gasteiger partial charge in [0.1, 0.15) is 0 Å². The second-order valence-corrected chi connectivity index (χ2v) is 8.36. The first kappa shape index (κ1) is 20.5. The molecule has 0 amide bonds. The summed E-state index contributed by atoms with van der Waals surface area (Å²) in [5, 5.41) is 7.85. The van der Waals surface area contributed by atoms with Crippen molar-refractivity contribution in [3.05, 3.63) is 94.0 Å². The van der Waals surface area contributed by atoms with Crippen molar-refractivity contribution in [2.24, 2.45) is 0 Å². The van der Waals surface area contributed by atoms with E-state index in [0.717, 1.165) is 30.9 Å². The van der Waals surface area contributed by atoms with Gasteiger partial charge in [0, 0.05) is 34.5 Å². The first-order valence-electron chi connectivity index (χ1n) is 10.3. The molecular formula is C24H20Cl2N6. The molecule has 0 aliphatic carbocycles. The Bertz CT molecular complexity index is 1160. The zero-order chi connectivity index (χ0) is 21.9.